The van der Waals surface area contributed by atoms with E-state index in [-0.39, 0.29) is 0 Å². The predicted molar refractivity (Wildman–Crippen MR) is 263 cm³/mol. The minimum atomic E-state index is -0.467. The summed E-state index contributed by atoms with van der Waals surface area (Å²) in [6, 6.07) is 80.9. The summed E-state index contributed by atoms with van der Waals surface area (Å²) in [6.45, 7) is 0. The summed E-state index contributed by atoms with van der Waals surface area (Å²) in [5.41, 5.74) is 17.3. The van der Waals surface area contributed by atoms with Crippen LogP contribution in [0.1, 0.15) is 22.3 Å². The number of pyridine rings is 1. The van der Waals surface area contributed by atoms with Crippen molar-refractivity contribution in [2.24, 2.45) is 0 Å². The fourth-order valence-electron chi connectivity index (χ4n) is 10.3. The van der Waals surface area contributed by atoms with Crippen molar-refractivity contribution in [2.45, 2.75) is 15.2 Å². The Bertz CT molecular complexity index is 3610. The first-order chi connectivity index (χ1) is 31.7. The first kappa shape index (κ1) is 36.7. The van der Waals surface area contributed by atoms with E-state index in [0.29, 0.717) is 5.82 Å². The SMILES string of the molecule is c1ccc(-c2cccc(-c3cc(-c4cccc(-c5nc6ccccc6c6cc7c(cc56)-c5ccccc5C75c6ccccc6Sc6ccccc65)c4)nc(-c4ccccc4)n3)c2)cc1. The van der Waals surface area contributed by atoms with Gasteiger partial charge in [0, 0.05) is 42.8 Å². The maximum absolute atomic E-state index is 5.50. The van der Waals surface area contributed by atoms with Gasteiger partial charge in [0.05, 0.1) is 28.0 Å². The third kappa shape index (κ3) is 5.66. The van der Waals surface area contributed by atoms with Gasteiger partial charge in [0.15, 0.2) is 5.82 Å². The molecule has 11 aromatic rings. The van der Waals surface area contributed by atoms with Gasteiger partial charge in [-0.1, -0.05) is 188 Å². The van der Waals surface area contributed by atoms with Crippen molar-refractivity contribution in [3.8, 4) is 67.4 Å². The molecule has 2 aromatic heterocycles. The van der Waals surface area contributed by atoms with E-state index in [0.717, 1.165) is 61.2 Å². The molecule has 0 radical (unpaired) electrons. The summed E-state index contributed by atoms with van der Waals surface area (Å²) < 4.78 is 0. The minimum Gasteiger partial charge on any atom is -0.247 e. The van der Waals surface area contributed by atoms with Crippen LogP contribution >= 0.6 is 11.8 Å². The predicted octanol–water partition coefficient (Wildman–Crippen LogP) is 15.3. The molecule has 0 atom stereocenters. The largest absolute Gasteiger partial charge is 0.247 e. The van der Waals surface area contributed by atoms with E-state index in [1.807, 2.05) is 30.0 Å². The monoisotopic (exact) mass is 831 g/mol. The Morgan fingerprint density at radius 1 is 0.312 bits per heavy atom. The Labute approximate surface area is 375 Å². The van der Waals surface area contributed by atoms with Crippen LogP contribution in [0.2, 0.25) is 0 Å². The zero-order chi connectivity index (χ0) is 42.2. The third-order valence-corrected chi connectivity index (χ3v) is 14.3. The smallest absolute Gasteiger partial charge is 0.160 e. The molecule has 4 heteroatoms. The van der Waals surface area contributed by atoms with E-state index in [1.165, 1.54) is 54.1 Å². The lowest BCUT2D eigenvalue weighted by atomic mass is 9.67. The first-order valence-corrected chi connectivity index (χ1v) is 22.6. The van der Waals surface area contributed by atoms with Gasteiger partial charge in [-0.25, -0.2) is 15.0 Å². The van der Waals surface area contributed by atoms with Crippen LogP contribution in [0.5, 0.6) is 0 Å². The van der Waals surface area contributed by atoms with Gasteiger partial charge in [-0.15, -0.1) is 0 Å². The van der Waals surface area contributed by atoms with Crippen LogP contribution in [0.3, 0.4) is 0 Å². The van der Waals surface area contributed by atoms with Gasteiger partial charge in [-0.05, 0) is 98.4 Å². The van der Waals surface area contributed by atoms with E-state index in [4.69, 9.17) is 15.0 Å². The van der Waals surface area contributed by atoms with Gasteiger partial charge >= 0.3 is 0 Å². The van der Waals surface area contributed by atoms with E-state index < -0.39 is 5.41 Å². The quantitative estimate of drug-likeness (QED) is 0.162. The standard InChI is InChI=1S/C60H37N3S/c1-3-17-38(18-4-1)40-21-15-22-41(33-40)54-37-55(63-59(62-54)39-19-5-2-6-20-39)42-23-16-24-43(34-42)58-48-35-47-44-25-7-9-27-49(44)60(52(47)36-46(48)45-26-8-12-30-53(45)61-58)50-28-10-13-31-56(50)64-57-32-14-11-29-51(57)60/h1-37H. The Balaban J connectivity index is 1.03. The van der Waals surface area contributed by atoms with Crippen LogP contribution in [0.15, 0.2) is 234 Å². The Morgan fingerprint density at radius 3 is 1.58 bits per heavy atom. The molecule has 2 aliphatic rings. The zero-order valence-electron chi connectivity index (χ0n) is 34.6. The van der Waals surface area contributed by atoms with E-state index in [1.54, 1.807) is 0 Å². The van der Waals surface area contributed by atoms with Crippen molar-refractivity contribution in [1.82, 2.24) is 15.0 Å². The third-order valence-electron chi connectivity index (χ3n) is 13.1. The van der Waals surface area contributed by atoms with Gasteiger partial charge in [-0.2, -0.15) is 0 Å². The van der Waals surface area contributed by atoms with Gasteiger partial charge in [0.2, 0.25) is 0 Å². The molecule has 0 unspecified atom stereocenters. The molecule has 0 N–H and O–H groups in total. The average molecular weight is 832 g/mol. The molecule has 3 nitrogen and oxygen atoms in total. The molecular weight excluding hydrogens is 795 g/mol. The highest BCUT2D eigenvalue weighted by molar-refractivity contribution is 7.99. The lowest BCUT2D eigenvalue weighted by molar-refractivity contribution is 0.723. The number of para-hydroxylation sites is 1. The topological polar surface area (TPSA) is 38.7 Å². The zero-order valence-corrected chi connectivity index (χ0v) is 35.4. The average Bonchev–Trinajstić information content (AvgIpc) is 3.65. The molecular formula is C60H37N3S. The van der Waals surface area contributed by atoms with Crippen molar-refractivity contribution >= 4 is 33.4 Å². The summed E-state index contributed by atoms with van der Waals surface area (Å²) in [4.78, 5) is 18.5. The fourth-order valence-corrected chi connectivity index (χ4v) is 11.5. The summed E-state index contributed by atoms with van der Waals surface area (Å²) >= 11 is 1.88. The molecule has 1 aliphatic heterocycles. The van der Waals surface area contributed by atoms with Gasteiger partial charge in [0.25, 0.3) is 0 Å². The molecule has 3 heterocycles. The Morgan fingerprint density at radius 2 is 0.859 bits per heavy atom. The van der Waals surface area contributed by atoms with Crippen molar-refractivity contribution in [1.29, 1.82) is 0 Å². The molecule has 298 valence electrons. The van der Waals surface area contributed by atoms with E-state index >= 15 is 0 Å². The number of benzene rings is 9. The van der Waals surface area contributed by atoms with Crippen LogP contribution in [0, 0.1) is 0 Å². The molecule has 0 bridgehead atoms. The summed E-state index contributed by atoms with van der Waals surface area (Å²) in [7, 11) is 0. The fraction of sp³-hybridized carbons (Fsp3) is 0.0167. The molecule has 9 aromatic carbocycles. The van der Waals surface area contributed by atoms with E-state index in [2.05, 4.69) is 206 Å². The highest BCUT2D eigenvalue weighted by Gasteiger charge is 2.50. The van der Waals surface area contributed by atoms with Crippen LogP contribution in [-0.4, -0.2) is 15.0 Å². The summed E-state index contributed by atoms with van der Waals surface area (Å²) in [5.74, 6) is 0.685. The summed E-state index contributed by atoms with van der Waals surface area (Å²) in [6.07, 6.45) is 0. The van der Waals surface area contributed by atoms with Crippen LogP contribution in [0.25, 0.3) is 89.1 Å². The summed E-state index contributed by atoms with van der Waals surface area (Å²) in [5, 5.41) is 3.46. The highest BCUT2D eigenvalue weighted by atomic mass is 32.2. The molecule has 0 saturated carbocycles. The normalized spacial score (nSPS) is 13.1. The lowest BCUT2D eigenvalue weighted by Crippen LogP contribution is -2.31. The van der Waals surface area contributed by atoms with Gasteiger partial charge in [-0.3, -0.25) is 0 Å². The number of fused-ring (bicyclic) bond motifs is 12. The maximum atomic E-state index is 5.50. The second-order valence-electron chi connectivity index (χ2n) is 16.7. The molecule has 0 fully saturated rings. The second kappa shape index (κ2) is 14.6. The second-order valence-corrected chi connectivity index (χ2v) is 17.8. The van der Waals surface area contributed by atoms with Crippen LogP contribution in [0.4, 0.5) is 0 Å². The number of hydrogen-bond donors (Lipinski definition) is 0. The van der Waals surface area contributed by atoms with Crippen molar-refractivity contribution < 1.29 is 0 Å². The number of aromatic nitrogens is 3. The molecule has 64 heavy (non-hydrogen) atoms. The Hall–Kier alpha value is -7.92. The van der Waals surface area contributed by atoms with Crippen molar-refractivity contribution in [3.63, 3.8) is 0 Å². The molecule has 13 rings (SSSR count). The molecule has 0 amide bonds. The molecule has 1 spiro atoms. The van der Waals surface area contributed by atoms with Gasteiger partial charge < -0.3 is 0 Å². The van der Waals surface area contributed by atoms with E-state index in [9.17, 15) is 0 Å². The van der Waals surface area contributed by atoms with Crippen LogP contribution in [-0.2, 0) is 5.41 Å². The number of hydrogen-bond acceptors (Lipinski definition) is 4. The number of nitrogens with zero attached hydrogens (tertiary/aromatic N) is 3. The van der Waals surface area contributed by atoms with Gasteiger partial charge in [0.1, 0.15) is 0 Å². The molecule has 1 aliphatic carbocycles. The lowest BCUT2D eigenvalue weighted by Gasteiger charge is -2.39. The first-order valence-electron chi connectivity index (χ1n) is 21.8. The van der Waals surface area contributed by atoms with Crippen molar-refractivity contribution in [3.05, 3.63) is 247 Å². The maximum Gasteiger partial charge on any atom is 0.160 e. The molecule has 0 saturated heterocycles. The Kier molecular flexibility index (Phi) is 8.37. The highest BCUT2D eigenvalue weighted by Crippen LogP contribution is 2.63. The van der Waals surface area contributed by atoms with Crippen LogP contribution < -0.4 is 0 Å². The van der Waals surface area contributed by atoms with Crippen molar-refractivity contribution in [2.75, 3.05) is 0 Å². The minimum absolute atomic E-state index is 0.467. The number of rotatable bonds is 5.